The first-order chi connectivity index (χ1) is 9.26. The van der Waals surface area contributed by atoms with E-state index in [0.29, 0.717) is 19.8 Å². The standard InChI is InChI=1S/C14H22N2O3/c1-2-12-4-6-13(7-5-12)16-14(18)15-8-3-10-19-11-9-17/h4-7,17H,2-3,8-11H2,1H3,(H2,15,16,18). The van der Waals surface area contributed by atoms with Crippen LogP contribution in [0.1, 0.15) is 18.9 Å². The van der Waals surface area contributed by atoms with Crippen molar-refractivity contribution in [2.45, 2.75) is 19.8 Å². The van der Waals surface area contributed by atoms with Crippen LogP contribution in [0, 0.1) is 0 Å². The molecule has 0 bridgehead atoms. The maximum absolute atomic E-state index is 11.6. The van der Waals surface area contributed by atoms with Gasteiger partial charge in [0.15, 0.2) is 0 Å². The molecule has 5 heteroatoms. The highest BCUT2D eigenvalue weighted by Gasteiger charge is 2.00. The van der Waals surface area contributed by atoms with E-state index in [9.17, 15) is 4.79 Å². The highest BCUT2D eigenvalue weighted by molar-refractivity contribution is 5.89. The van der Waals surface area contributed by atoms with Crippen LogP contribution in [0.15, 0.2) is 24.3 Å². The lowest BCUT2D eigenvalue weighted by Gasteiger charge is -2.08. The van der Waals surface area contributed by atoms with Crippen LogP contribution in [0.25, 0.3) is 0 Å². The number of benzene rings is 1. The van der Waals surface area contributed by atoms with E-state index < -0.39 is 0 Å². The van der Waals surface area contributed by atoms with Gasteiger partial charge in [-0.1, -0.05) is 19.1 Å². The molecule has 1 aromatic rings. The molecule has 3 N–H and O–H groups in total. The summed E-state index contributed by atoms with van der Waals surface area (Å²) < 4.78 is 5.09. The van der Waals surface area contributed by atoms with Gasteiger partial charge in [0.25, 0.3) is 0 Å². The number of nitrogens with one attached hydrogen (secondary N) is 2. The molecule has 0 radical (unpaired) electrons. The predicted octanol–water partition coefficient (Wildman–Crippen LogP) is 1.77. The summed E-state index contributed by atoms with van der Waals surface area (Å²) in [4.78, 5) is 11.6. The van der Waals surface area contributed by atoms with Gasteiger partial charge in [-0.25, -0.2) is 4.79 Å². The van der Waals surface area contributed by atoms with E-state index in [1.165, 1.54) is 5.56 Å². The van der Waals surface area contributed by atoms with Gasteiger partial charge < -0.3 is 20.5 Å². The zero-order chi connectivity index (χ0) is 13.9. The molecule has 106 valence electrons. The number of aryl methyl sites for hydroxylation is 1. The van der Waals surface area contributed by atoms with Gasteiger partial charge in [-0.2, -0.15) is 0 Å². The second-order valence-electron chi connectivity index (χ2n) is 4.12. The predicted molar refractivity (Wildman–Crippen MR) is 75.4 cm³/mol. The molecular formula is C14H22N2O3. The van der Waals surface area contributed by atoms with Crippen molar-refractivity contribution in [1.82, 2.24) is 5.32 Å². The number of hydrogen-bond donors (Lipinski definition) is 3. The molecule has 0 spiro atoms. The van der Waals surface area contributed by atoms with Gasteiger partial charge >= 0.3 is 6.03 Å². The van der Waals surface area contributed by atoms with Crippen molar-refractivity contribution in [3.63, 3.8) is 0 Å². The molecule has 0 saturated heterocycles. The summed E-state index contributed by atoms with van der Waals surface area (Å²) in [6, 6.07) is 7.56. The second-order valence-corrected chi connectivity index (χ2v) is 4.12. The fourth-order valence-corrected chi connectivity index (χ4v) is 1.54. The molecule has 2 amide bonds. The molecule has 0 heterocycles. The minimum Gasteiger partial charge on any atom is -0.394 e. The number of aliphatic hydroxyl groups excluding tert-OH is 1. The summed E-state index contributed by atoms with van der Waals surface area (Å²) in [5.41, 5.74) is 2.03. The second kappa shape index (κ2) is 9.35. The van der Waals surface area contributed by atoms with Gasteiger partial charge in [0.1, 0.15) is 0 Å². The van der Waals surface area contributed by atoms with Crippen LogP contribution in [0.4, 0.5) is 10.5 Å². The number of ether oxygens (including phenoxy) is 1. The van der Waals surface area contributed by atoms with Crippen LogP contribution in [-0.4, -0.2) is 37.5 Å². The Balaban J connectivity index is 2.16. The Bertz CT molecular complexity index is 365. The Morgan fingerprint density at radius 2 is 2.00 bits per heavy atom. The van der Waals surface area contributed by atoms with Crippen LogP contribution in [0.3, 0.4) is 0 Å². The molecule has 0 aliphatic carbocycles. The fraction of sp³-hybridized carbons (Fsp3) is 0.500. The number of anilines is 1. The minimum absolute atomic E-state index is 0.0294. The zero-order valence-corrected chi connectivity index (χ0v) is 11.3. The van der Waals surface area contributed by atoms with E-state index in [1.807, 2.05) is 24.3 Å². The number of amides is 2. The molecule has 19 heavy (non-hydrogen) atoms. The Morgan fingerprint density at radius 3 is 2.63 bits per heavy atom. The van der Waals surface area contributed by atoms with Gasteiger partial charge in [-0.3, -0.25) is 0 Å². The number of rotatable bonds is 8. The monoisotopic (exact) mass is 266 g/mol. The first kappa shape index (κ1) is 15.5. The van der Waals surface area contributed by atoms with E-state index in [1.54, 1.807) is 0 Å². The van der Waals surface area contributed by atoms with Gasteiger partial charge in [-0.05, 0) is 30.5 Å². The molecule has 0 atom stereocenters. The Labute approximate surface area is 114 Å². The summed E-state index contributed by atoms with van der Waals surface area (Å²) in [7, 11) is 0. The van der Waals surface area contributed by atoms with Gasteiger partial charge in [0.05, 0.1) is 13.2 Å². The van der Waals surface area contributed by atoms with Crippen molar-refractivity contribution in [2.75, 3.05) is 31.7 Å². The maximum Gasteiger partial charge on any atom is 0.319 e. The van der Waals surface area contributed by atoms with Crippen molar-refractivity contribution >= 4 is 11.7 Å². The molecule has 0 unspecified atom stereocenters. The summed E-state index contributed by atoms with van der Waals surface area (Å²) in [6.07, 6.45) is 1.71. The number of hydrogen-bond acceptors (Lipinski definition) is 3. The van der Waals surface area contributed by atoms with Crippen LogP contribution in [0.2, 0.25) is 0 Å². The average Bonchev–Trinajstić information content (AvgIpc) is 2.43. The van der Waals surface area contributed by atoms with Crippen molar-refractivity contribution in [3.05, 3.63) is 29.8 Å². The van der Waals surface area contributed by atoms with Gasteiger partial charge in [0.2, 0.25) is 0 Å². The fourth-order valence-electron chi connectivity index (χ4n) is 1.54. The molecule has 5 nitrogen and oxygen atoms in total. The largest absolute Gasteiger partial charge is 0.394 e. The highest BCUT2D eigenvalue weighted by Crippen LogP contribution is 2.09. The Morgan fingerprint density at radius 1 is 1.26 bits per heavy atom. The Kier molecular flexibility index (Phi) is 7.62. The molecule has 0 aliphatic heterocycles. The van der Waals surface area contributed by atoms with Crippen molar-refractivity contribution < 1.29 is 14.6 Å². The first-order valence-electron chi connectivity index (χ1n) is 6.58. The normalized spacial score (nSPS) is 10.2. The maximum atomic E-state index is 11.6. The summed E-state index contributed by atoms with van der Waals surface area (Å²) in [5, 5.41) is 14.0. The number of carbonyl (C=O) groups excluding carboxylic acids is 1. The Hall–Kier alpha value is -1.59. The summed E-state index contributed by atoms with van der Waals surface area (Å²) in [5.74, 6) is 0. The van der Waals surface area contributed by atoms with Crippen LogP contribution >= 0.6 is 0 Å². The molecule has 0 aliphatic rings. The lowest BCUT2D eigenvalue weighted by molar-refractivity contribution is 0.0910. The number of aliphatic hydroxyl groups is 1. The zero-order valence-electron chi connectivity index (χ0n) is 11.3. The minimum atomic E-state index is -0.216. The summed E-state index contributed by atoms with van der Waals surface area (Å²) >= 11 is 0. The molecule has 0 aromatic heterocycles. The van der Waals surface area contributed by atoms with E-state index in [-0.39, 0.29) is 12.6 Å². The lowest BCUT2D eigenvalue weighted by Crippen LogP contribution is -2.30. The van der Waals surface area contributed by atoms with Crippen LogP contribution in [-0.2, 0) is 11.2 Å². The third-order valence-electron chi connectivity index (χ3n) is 2.61. The third kappa shape index (κ3) is 6.79. The van der Waals surface area contributed by atoms with Gasteiger partial charge in [0, 0.05) is 18.8 Å². The summed E-state index contributed by atoms with van der Waals surface area (Å²) in [6.45, 7) is 3.54. The molecule has 0 saturated carbocycles. The number of urea groups is 1. The van der Waals surface area contributed by atoms with Crippen LogP contribution < -0.4 is 10.6 Å². The van der Waals surface area contributed by atoms with E-state index >= 15 is 0 Å². The van der Waals surface area contributed by atoms with E-state index in [2.05, 4.69) is 17.6 Å². The lowest BCUT2D eigenvalue weighted by atomic mass is 10.1. The molecule has 1 rings (SSSR count). The van der Waals surface area contributed by atoms with Gasteiger partial charge in [-0.15, -0.1) is 0 Å². The van der Waals surface area contributed by atoms with Crippen molar-refractivity contribution in [1.29, 1.82) is 0 Å². The van der Waals surface area contributed by atoms with Crippen molar-refractivity contribution in [2.24, 2.45) is 0 Å². The van der Waals surface area contributed by atoms with E-state index in [0.717, 1.165) is 18.5 Å². The topological polar surface area (TPSA) is 70.6 Å². The quantitative estimate of drug-likeness (QED) is 0.628. The molecule has 1 aromatic carbocycles. The van der Waals surface area contributed by atoms with Crippen molar-refractivity contribution in [3.8, 4) is 0 Å². The molecule has 0 fully saturated rings. The SMILES string of the molecule is CCc1ccc(NC(=O)NCCCOCCO)cc1. The van der Waals surface area contributed by atoms with E-state index in [4.69, 9.17) is 9.84 Å². The smallest absolute Gasteiger partial charge is 0.319 e. The first-order valence-corrected chi connectivity index (χ1v) is 6.58. The molecular weight excluding hydrogens is 244 g/mol. The highest BCUT2D eigenvalue weighted by atomic mass is 16.5. The average molecular weight is 266 g/mol. The third-order valence-corrected chi connectivity index (χ3v) is 2.61. The van der Waals surface area contributed by atoms with Crippen LogP contribution in [0.5, 0.6) is 0 Å². The number of carbonyl (C=O) groups is 1.